The third-order valence-corrected chi connectivity index (χ3v) is 3.27. The molecule has 0 saturated carbocycles. The van der Waals surface area contributed by atoms with Crippen molar-refractivity contribution >= 4 is 21.7 Å². The minimum absolute atomic E-state index is 0.0433. The van der Waals surface area contributed by atoms with Crippen LogP contribution >= 0.6 is 15.9 Å². The van der Waals surface area contributed by atoms with Crippen LogP contribution in [0.5, 0.6) is 5.75 Å². The van der Waals surface area contributed by atoms with Crippen LogP contribution in [0, 0.1) is 11.3 Å². The number of ether oxygens (including phenoxy) is 1. The Kier molecular flexibility index (Phi) is 4.54. The Labute approximate surface area is 125 Å². The van der Waals surface area contributed by atoms with Crippen molar-refractivity contribution in [1.82, 2.24) is 0 Å². The van der Waals surface area contributed by atoms with E-state index in [1.807, 2.05) is 12.1 Å². The maximum atomic E-state index is 11.6. The minimum Gasteiger partial charge on any atom is -0.488 e. The Morgan fingerprint density at radius 3 is 2.80 bits per heavy atom. The Morgan fingerprint density at radius 1 is 1.30 bits per heavy atom. The minimum atomic E-state index is -0.0433. The van der Waals surface area contributed by atoms with Crippen molar-refractivity contribution in [3.05, 3.63) is 63.6 Å². The topological polar surface area (TPSA) is 50.1 Å². The number of ketones is 1. The van der Waals surface area contributed by atoms with Gasteiger partial charge in [-0.1, -0.05) is 28.1 Å². The Morgan fingerprint density at radius 2 is 2.10 bits per heavy atom. The molecule has 0 aliphatic heterocycles. The molecule has 0 aliphatic carbocycles. The fraction of sp³-hybridized carbons (Fsp3) is 0.125. The number of hydrogen-bond acceptors (Lipinski definition) is 3. The molecule has 0 bridgehead atoms. The molecular weight excluding hydrogens is 318 g/mol. The van der Waals surface area contributed by atoms with E-state index in [1.165, 1.54) is 6.92 Å². The standard InChI is InChI=1S/C16H12BrNO2/c1-11(19)15-6-5-14(17)8-16(15)20-10-13-4-2-3-12(7-13)9-18/h2-8H,10H2,1H3. The highest BCUT2D eigenvalue weighted by atomic mass is 79.9. The number of Topliss-reactive ketones (excluding diaryl/α,β-unsaturated/α-hetero) is 1. The van der Waals surface area contributed by atoms with Crippen molar-refractivity contribution in [3.63, 3.8) is 0 Å². The number of hydrogen-bond donors (Lipinski definition) is 0. The van der Waals surface area contributed by atoms with Gasteiger partial charge in [0.1, 0.15) is 12.4 Å². The lowest BCUT2D eigenvalue weighted by Crippen LogP contribution is -2.02. The van der Waals surface area contributed by atoms with E-state index in [2.05, 4.69) is 22.0 Å². The second kappa shape index (κ2) is 6.36. The number of carbonyl (C=O) groups excluding carboxylic acids is 1. The summed E-state index contributed by atoms with van der Waals surface area (Å²) >= 11 is 3.36. The fourth-order valence-electron chi connectivity index (χ4n) is 1.80. The lowest BCUT2D eigenvalue weighted by molar-refractivity contribution is 0.101. The molecule has 0 fully saturated rings. The van der Waals surface area contributed by atoms with Crippen LogP contribution in [-0.2, 0) is 6.61 Å². The van der Waals surface area contributed by atoms with E-state index in [1.54, 1.807) is 30.3 Å². The summed E-state index contributed by atoms with van der Waals surface area (Å²) in [5.74, 6) is 0.493. The molecule has 0 heterocycles. The molecule has 100 valence electrons. The van der Waals surface area contributed by atoms with E-state index in [0.29, 0.717) is 23.5 Å². The molecule has 0 N–H and O–H groups in total. The average Bonchev–Trinajstić information content (AvgIpc) is 2.45. The lowest BCUT2D eigenvalue weighted by Gasteiger charge is -2.10. The maximum absolute atomic E-state index is 11.6. The van der Waals surface area contributed by atoms with Crippen LogP contribution in [-0.4, -0.2) is 5.78 Å². The van der Waals surface area contributed by atoms with E-state index >= 15 is 0 Å². The molecule has 0 radical (unpaired) electrons. The first-order valence-electron chi connectivity index (χ1n) is 6.02. The smallest absolute Gasteiger partial charge is 0.163 e. The van der Waals surface area contributed by atoms with E-state index in [4.69, 9.17) is 10.00 Å². The first-order valence-corrected chi connectivity index (χ1v) is 6.82. The Hall–Kier alpha value is -2.12. The molecule has 20 heavy (non-hydrogen) atoms. The van der Waals surface area contributed by atoms with Gasteiger partial charge in [-0.25, -0.2) is 0 Å². The molecule has 0 amide bonds. The van der Waals surface area contributed by atoms with E-state index < -0.39 is 0 Å². The summed E-state index contributed by atoms with van der Waals surface area (Å²) in [5, 5.41) is 8.86. The van der Waals surface area contributed by atoms with Crippen molar-refractivity contribution in [1.29, 1.82) is 5.26 Å². The molecule has 3 nitrogen and oxygen atoms in total. The third kappa shape index (κ3) is 3.46. The molecule has 2 aromatic rings. The van der Waals surface area contributed by atoms with Gasteiger partial charge in [-0.3, -0.25) is 4.79 Å². The van der Waals surface area contributed by atoms with E-state index in [-0.39, 0.29) is 5.78 Å². The summed E-state index contributed by atoms with van der Waals surface area (Å²) in [6, 6.07) is 14.6. The molecule has 2 rings (SSSR count). The van der Waals surface area contributed by atoms with Gasteiger partial charge < -0.3 is 4.74 Å². The molecule has 0 unspecified atom stereocenters. The lowest BCUT2D eigenvalue weighted by atomic mass is 10.1. The Balaban J connectivity index is 2.20. The zero-order valence-electron chi connectivity index (χ0n) is 10.9. The van der Waals surface area contributed by atoms with E-state index in [0.717, 1.165) is 10.0 Å². The molecule has 4 heteroatoms. The number of rotatable bonds is 4. The van der Waals surface area contributed by atoms with Crippen LogP contribution in [0.15, 0.2) is 46.9 Å². The maximum Gasteiger partial charge on any atom is 0.163 e. The van der Waals surface area contributed by atoms with Crippen LogP contribution in [0.3, 0.4) is 0 Å². The zero-order valence-corrected chi connectivity index (χ0v) is 12.5. The van der Waals surface area contributed by atoms with Gasteiger partial charge in [-0.05, 0) is 42.8 Å². The predicted molar refractivity (Wildman–Crippen MR) is 79.6 cm³/mol. The highest BCUT2D eigenvalue weighted by Gasteiger charge is 2.09. The van der Waals surface area contributed by atoms with Gasteiger partial charge in [0.05, 0.1) is 17.2 Å². The summed E-state index contributed by atoms with van der Waals surface area (Å²) in [5.41, 5.74) is 2.02. The van der Waals surface area contributed by atoms with Crippen molar-refractivity contribution in [2.45, 2.75) is 13.5 Å². The zero-order chi connectivity index (χ0) is 14.5. The SMILES string of the molecule is CC(=O)c1ccc(Br)cc1OCc1cccc(C#N)c1. The summed E-state index contributed by atoms with van der Waals surface area (Å²) in [4.78, 5) is 11.6. The first-order chi connectivity index (χ1) is 9.60. The Bertz CT molecular complexity index is 689. The van der Waals surface area contributed by atoms with Crippen molar-refractivity contribution in [2.75, 3.05) is 0 Å². The van der Waals surface area contributed by atoms with Crippen LogP contribution in [0.2, 0.25) is 0 Å². The van der Waals surface area contributed by atoms with Crippen LogP contribution in [0.1, 0.15) is 28.4 Å². The molecule has 0 aliphatic rings. The quantitative estimate of drug-likeness (QED) is 0.793. The molecule has 0 spiro atoms. The molecular formula is C16H12BrNO2. The fourth-order valence-corrected chi connectivity index (χ4v) is 2.14. The van der Waals surface area contributed by atoms with Crippen molar-refractivity contribution < 1.29 is 9.53 Å². The van der Waals surface area contributed by atoms with Crippen LogP contribution in [0.25, 0.3) is 0 Å². The average molecular weight is 330 g/mol. The number of nitriles is 1. The van der Waals surface area contributed by atoms with Crippen molar-refractivity contribution in [3.8, 4) is 11.8 Å². The number of benzene rings is 2. The number of halogens is 1. The summed E-state index contributed by atoms with van der Waals surface area (Å²) in [6.07, 6.45) is 0. The molecule has 2 aromatic carbocycles. The highest BCUT2D eigenvalue weighted by molar-refractivity contribution is 9.10. The van der Waals surface area contributed by atoms with Gasteiger partial charge in [-0.2, -0.15) is 5.26 Å². The first kappa shape index (κ1) is 14.3. The molecule has 0 saturated heterocycles. The van der Waals surface area contributed by atoms with Gasteiger partial charge in [0, 0.05) is 4.47 Å². The van der Waals surface area contributed by atoms with Crippen LogP contribution in [0.4, 0.5) is 0 Å². The second-order valence-corrected chi connectivity index (χ2v) is 5.21. The van der Waals surface area contributed by atoms with Gasteiger partial charge >= 0.3 is 0 Å². The predicted octanol–water partition coefficient (Wildman–Crippen LogP) is 4.10. The van der Waals surface area contributed by atoms with Gasteiger partial charge in [0.15, 0.2) is 5.78 Å². The summed E-state index contributed by atoms with van der Waals surface area (Å²) < 4.78 is 6.55. The third-order valence-electron chi connectivity index (χ3n) is 2.77. The van der Waals surface area contributed by atoms with E-state index in [9.17, 15) is 4.79 Å². The normalized spacial score (nSPS) is 9.85. The molecule has 0 atom stereocenters. The van der Waals surface area contributed by atoms with Gasteiger partial charge in [-0.15, -0.1) is 0 Å². The second-order valence-electron chi connectivity index (χ2n) is 4.30. The number of nitrogens with zero attached hydrogens (tertiary/aromatic N) is 1. The number of carbonyl (C=O) groups is 1. The van der Waals surface area contributed by atoms with Gasteiger partial charge in [0.25, 0.3) is 0 Å². The summed E-state index contributed by atoms with van der Waals surface area (Å²) in [7, 11) is 0. The highest BCUT2D eigenvalue weighted by Crippen LogP contribution is 2.25. The van der Waals surface area contributed by atoms with Gasteiger partial charge in [0.2, 0.25) is 0 Å². The van der Waals surface area contributed by atoms with Crippen molar-refractivity contribution in [2.24, 2.45) is 0 Å². The van der Waals surface area contributed by atoms with Crippen LogP contribution < -0.4 is 4.74 Å². The largest absolute Gasteiger partial charge is 0.488 e. The molecule has 0 aromatic heterocycles. The monoisotopic (exact) mass is 329 g/mol. The summed E-state index contributed by atoms with van der Waals surface area (Å²) in [6.45, 7) is 1.82.